The van der Waals surface area contributed by atoms with Crippen molar-refractivity contribution in [2.24, 2.45) is 0 Å². The van der Waals surface area contributed by atoms with Gasteiger partial charge in [0.25, 0.3) is 5.56 Å². The van der Waals surface area contributed by atoms with E-state index in [0.29, 0.717) is 18.7 Å². The van der Waals surface area contributed by atoms with Crippen molar-refractivity contribution in [3.63, 3.8) is 0 Å². The van der Waals surface area contributed by atoms with Gasteiger partial charge in [0.05, 0.1) is 18.2 Å². The number of rotatable bonds is 4. The Hall–Kier alpha value is -3.42. The number of H-pyrrole nitrogens is 1. The maximum atomic E-state index is 13.5. The lowest BCUT2D eigenvalue weighted by atomic mass is 10.1. The number of methoxy groups -OCH3 is 1. The Labute approximate surface area is 147 Å². The molecule has 0 saturated carbocycles. The van der Waals surface area contributed by atoms with Gasteiger partial charge in [0.1, 0.15) is 17.1 Å². The largest absolute Gasteiger partial charge is 0.465 e. The van der Waals surface area contributed by atoms with Crippen LogP contribution in [0.5, 0.6) is 0 Å². The van der Waals surface area contributed by atoms with E-state index < -0.39 is 5.97 Å². The Morgan fingerprint density at radius 1 is 1.27 bits per heavy atom. The fourth-order valence-corrected chi connectivity index (χ4v) is 3.05. The second-order valence-corrected chi connectivity index (χ2v) is 5.93. The summed E-state index contributed by atoms with van der Waals surface area (Å²) >= 11 is 0. The minimum absolute atomic E-state index is 0.215. The average Bonchev–Trinajstić information content (AvgIpc) is 3.22. The van der Waals surface area contributed by atoms with E-state index in [4.69, 9.17) is 4.74 Å². The van der Waals surface area contributed by atoms with Crippen LogP contribution in [-0.2, 0) is 17.8 Å². The molecule has 0 fully saturated rings. The van der Waals surface area contributed by atoms with E-state index in [1.807, 2.05) is 16.8 Å². The van der Waals surface area contributed by atoms with Gasteiger partial charge in [-0.05, 0) is 29.7 Å². The van der Waals surface area contributed by atoms with Crippen LogP contribution in [0.1, 0.15) is 10.4 Å². The van der Waals surface area contributed by atoms with E-state index in [1.165, 1.54) is 19.2 Å². The third kappa shape index (κ3) is 2.65. The molecule has 7 nitrogen and oxygen atoms in total. The highest BCUT2D eigenvalue weighted by Crippen LogP contribution is 2.21. The van der Waals surface area contributed by atoms with E-state index in [1.54, 1.807) is 23.0 Å². The third-order valence-electron chi connectivity index (χ3n) is 4.35. The van der Waals surface area contributed by atoms with Crippen molar-refractivity contribution in [1.29, 1.82) is 0 Å². The number of carbonyl (C=O) groups is 1. The number of aromatic nitrogens is 4. The number of ether oxygens (including phenoxy) is 1. The fourth-order valence-electron chi connectivity index (χ4n) is 3.05. The standard InChI is InChI=1S/C18H15FN4O3/c1-26-18(25)14-10-22(9-13-16(14)20-21-17(13)24)6-7-23-5-4-11-2-3-12(19)8-15(11)23/h2-5,8-10H,6-7H2,1H3,(H,21,24). The first-order valence-corrected chi connectivity index (χ1v) is 7.97. The third-order valence-corrected chi connectivity index (χ3v) is 4.35. The number of pyridine rings is 1. The number of esters is 1. The monoisotopic (exact) mass is 354 g/mol. The molecule has 0 spiro atoms. The molecule has 3 heterocycles. The van der Waals surface area contributed by atoms with Crippen molar-refractivity contribution >= 4 is 16.9 Å². The van der Waals surface area contributed by atoms with E-state index >= 15 is 0 Å². The zero-order valence-corrected chi connectivity index (χ0v) is 13.9. The van der Waals surface area contributed by atoms with E-state index in [0.717, 1.165) is 10.9 Å². The summed E-state index contributed by atoms with van der Waals surface area (Å²) in [4.78, 5) is 23.9. The number of aromatic amines is 1. The minimum Gasteiger partial charge on any atom is -0.465 e. The molecule has 8 heteroatoms. The summed E-state index contributed by atoms with van der Waals surface area (Å²) < 4.78 is 21.9. The van der Waals surface area contributed by atoms with Gasteiger partial charge in [-0.2, -0.15) is 5.10 Å². The normalized spacial score (nSPS) is 11.3. The SMILES string of the molecule is COC(=O)c1cn(CCn2ccc3ccc(F)cc32)cc2c(=O)[nH]nc1-2. The second kappa shape index (κ2) is 6.14. The number of hydrogen-bond donors (Lipinski definition) is 1. The molecule has 4 rings (SSSR count). The van der Waals surface area contributed by atoms with Crippen molar-refractivity contribution in [1.82, 2.24) is 19.3 Å². The first-order chi connectivity index (χ1) is 12.6. The molecule has 0 amide bonds. The van der Waals surface area contributed by atoms with Crippen molar-refractivity contribution in [2.45, 2.75) is 13.1 Å². The van der Waals surface area contributed by atoms with Crippen LogP contribution in [0.15, 0.2) is 47.7 Å². The lowest BCUT2D eigenvalue weighted by molar-refractivity contribution is 0.0600. The summed E-state index contributed by atoms with van der Waals surface area (Å²) in [6.45, 7) is 1.01. The molecule has 0 radical (unpaired) electrons. The van der Waals surface area contributed by atoms with Gasteiger partial charge in [-0.1, -0.05) is 0 Å². The lowest BCUT2D eigenvalue weighted by Gasteiger charge is -2.13. The quantitative estimate of drug-likeness (QED) is 0.570. The molecule has 0 saturated heterocycles. The van der Waals surface area contributed by atoms with Gasteiger partial charge < -0.3 is 13.9 Å². The molecular formula is C18H15FN4O3. The van der Waals surface area contributed by atoms with Crippen LogP contribution >= 0.6 is 0 Å². The molecule has 2 aromatic rings. The highest BCUT2D eigenvalue weighted by molar-refractivity contribution is 5.95. The summed E-state index contributed by atoms with van der Waals surface area (Å²) in [6.07, 6.45) is 5.11. The molecule has 26 heavy (non-hydrogen) atoms. The zero-order valence-electron chi connectivity index (χ0n) is 13.9. The number of fused-ring (bicyclic) bond motifs is 2. The molecule has 1 N–H and O–H groups in total. The Bertz CT molecular complexity index is 1140. The Kier molecular flexibility index (Phi) is 3.80. The molecule has 2 aliphatic rings. The maximum absolute atomic E-state index is 13.5. The maximum Gasteiger partial charge on any atom is 0.341 e. The number of halogens is 1. The number of nitrogens with one attached hydrogen (secondary N) is 1. The van der Waals surface area contributed by atoms with E-state index in [9.17, 15) is 14.0 Å². The van der Waals surface area contributed by atoms with Crippen LogP contribution < -0.4 is 5.56 Å². The number of nitrogens with zero attached hydrogens (tertiary/aromatic N) is 3. The van der Waals surface area contributed by atoms with Gasteiger partial charge in [-0.15, -0.1) is 0 Å². The summed E-state index contributed by atoms with van der Waals surface area (Å²) in [6, 6.07) is 6.54. The van der Waals surface area contributed by atoms with Gasteiger partial charge in [-0.25, -0.2) is 14.3 Å². The summed E-state index contributed by atoms with van der Waals surface area (Å²) in [5, 5.41) is 7.18. The first kappa shape index (κ1) is 16.1. The molecule has 0 bridgehead atoms. The van der Waals surface area contributed by atoms with Crippen molar-refractivity contribution in [2.75, 3.05) is 7.11 Å². The molecule has 0 unspecified atom stereocenters. The van der Waals surface area contributed by atoms with Crippen molar-refractivity contribution in [3.05, 3.63) is 64.6 Å². The highest BCUT2D eigenvalue weighted by Gasteiger charge is 2.21. The lowest BCUT2D eigenvalue weighted by Crippen LogP contribution is -2.14. The fraction of sp³-hybridized carbons (Fsp3) is 0.167. The number of aryl methyl sites for hydroxylation is 2. The minimum atomic E-state index is -0.565. The molecule has 2 aliphatic heterocycles. The van der Waals surface area contributed by atoms with Gasteiger partial charge in [-0.3, -0.25) is 4.79 Å². The Balaban J connectivity index is 1.69. The first-order valence-electron chi connectivity index (χ1n) is 7.97. The predicted octanol–water partition coefficient (Wildman–Crippen LogP) is 2.26. The molecule has 1 aromatic carbocycles. The van der Waals surface area contributed by atoms with Crippen LogP contribution in [0.25, 0.3) is 22.2 Å². The van der Waals surface area contributed by atoms with Crippen LogP contribution in [-0.4, -0.2) is 32.4 Å². The van der Waals surface area contributed by atoms with Crippen molar-refractivity contribution < 1.29 is 13.9 Å². The predicted molar refractivity (Wildman–Crippen MR) is 92.7 cm³/mol. The Morgan fingerprint density at radius 2 is 2.12 bits per heavy atom. The molecule has 0 aliphatic carbocycles. The van der Waals surface area contributed by atoms with Gasteiger partial charge >= 0.3 is 5.97 Å². The van der Waals surface area contributed by atoms with Gasteiger partial charge in [0.2, 0.25) is 0 Å². The van der Waals surface area contributed by atoms with E-state index in [-0.39, 0.29) is 22.6 Å². The Morgan fingerprint density at radius 3 is 2.92 bits per heavy atom. The highest BCUT2D eigenvalue weighted by atomic mass is 19.1. The molecule has 132 valence electrons. The van der Waals surface area contributed by atoms with Crippen LogP contribution in [0.3, 0.4) is 0 Å². The van der Waals surface area contributed by atoms with Crippen molar-refractivity contribution in [3.8, 4) is 11.3 Å². The number of hydrogen-bond acceptors (Lipinski definition) is 4. The molecular weight excluding hydrogens is 339 g/mol. The van der Waals surface area contributed by atoms with Crippen LogP contribution in [0.2, 0.25) is 0 Å². The summed E-state index contributed by atoms with van der Waals surface area (Å²) in [5.74, 6) is -0.863. The number of benzene rings is 1. The van der Waals surface area contributed by atoms with E-state index in [2.05, 4.69) is 10.2 Å². The topological polar surface area (TPSA) is 81.9 Å². The average molecular weight is 354 g/mol. The molecule has 0 atom stereocenters. The summed E-state index contributed by atoms with van der Waals surface area (Å²) in [5.41, 5.74) is 1.23. The van der Waals surface area contributed by atoms with Gasteiger partial charge in [0.15, 0.2) is 0 Å². The molecule has 1 aromatic heterocycles. The van der Waals surface area contributed by atoms with Crippen LogP contribution in [0, 0.1) is 5.82 Å². The second-order valence-electron chi connectivity index (χ2n) is 5.93. The number of carbonyl (C=O) groups excluding carboxylic acids is 1. The summed E-state index contributed by atoms with van der Waals surface area (Å²) in [7, 11) is 1.27. The smallest absolute Gasteiger partial charge is 0.341 e. The zero-order chi connectivity index (χ0) is 18.3. The van der Waals surface area contributed by atoms with Crippen LogP contribution in [0.4, 0.5) is 4.39 Å². The van der Waals surface area contributed by atoms with Gasteiger partial charge in [0, 0.05) is 31.7 Å².